The Labute approximate surface area is 75.8 Å². The highest BCUT2D eigenvalue weighted by molar-refractivity contribution is 4.84. The van der Waals surface area contributed by atoms with Crippen molar-refractivity contribution < 1.29 is 5.11 Å². The third-order valence-electron chi connectivity index (χ3n) is 1.86. The molecule has 0 saturated heterocycles. The molecule has 0 bridgehead atoms. The Balaban J connectivity index is 3.77. The van der Waals surface area contributed by atoms with Crippen molar-refractivity contribution in [1.29, 1.82) is 0 Å². The van der Waals surface area contributed by atoms with E-state index in [1.54, 1.807) is 0 Å². The van der Waals surface area contributed by atoms with E-state index in [9.17, 15) is 0 Å². The maximum absolute atomic E-state index is 8.67. The fourth-order valence-electron chi connectivity index (χ4n) is 1.39. The van der Waals surface area contributed by atoms with Crippen LogP contribution in [0.4, 0.5) is 0 Å². The first kappa shape index (κ1) is 11.5. The molecule has 0 aliphatic rings. The van der Waals surface area contributed by atoms with Gasteiger partial charge in [0.1, 0.15) is 0 Å². The Kier molecular flexibility index (Phi) is 6.84. The van der Waals surface area contributed by atoms with Crippen LogP contribution in [-0.2, 0) is 0 Å². The molecule has 1 nitrogen and oxygen atoms in total. The Morgan fingerprint density at radius 3 is 2.58 bits per heavy atom. The minimum Gasteiger partial charge on any atom is -0.396 e. The fourth-order valence-corrected chi connectivity index (χ4v) is 1.39. The summed E-state index contributed by atoms with van der Waals surface area (Å²) < 4.78 is 0. The fraction of sp³-hybridized carbons (Fsp3) is 0.727. The Bertz CT molecular complexity index is 143. The smallest absolute Gasteiger partial charge is 0.0431 e. The second-order valence-corrected chi connectivity index (χ2v) is 3.63. The first-order valence-electron chi connectivity index (χ1n) is 4.67. The second-order valence-electron chi connectivity index (χ2n) is 3.63. The molecule has 0 spiro atoms. The van der Waals surface area contributed by atoms with E-state index in [0.717, 1.165) is 12.8 Å². The lowest BCUT2D eigenvalue weighted by molar-refractivity contribution is 0.272. The molecule has 1 N–H and O–H groups in total. The van der Waals surface area contributed by atoms with Gasteiger partial charge in [-0.15, -0.1) is 5.73 Å². The van der Waals surface area contributed by atoms with Crippen LogP contribution in [0.2, 0.25) is 0 Å². The van der Waals surface area contributed by atoms with Gasteiger partial charge in [0, 0.05) is 6.61 Å². The van der Waals surface area contributed by atoms with Gasteiger partial charge in [0.2, 0.25) is 0 Å². The van der Waals surface area contributed by atoms with Gasteiger partial charge in [0.15, 0.2) is 0 Å². The number of allylic oxidation sites excluding steroid dienone is 1. The van der Waals surface area contributed by atoms with Crippen molar-refractivity contribution in [2.75, 3.05) is 6.61 Å². The number of hydrogen-bond acceptors (Lipinski definition) is 1. The van der Waals surface area contributed by atoms with Gasteiger partial charge in [-0.3, -0.25) is 0 Å². The lowest BCUT2D eigenvalue weighted by Crippen LogP contribution is -2.02. The molecule has 1 heteroatoms. The summed E-state index contributed by atoms with van der Waals surface area (Å²) >= 11 is 0. The van der Waals surface area contributed by atoms with E-state index in [2.05, 4.69) is 26.2 Å². The first-order chi connectivity index (χ1) is 5.70. The summed E-state index contributed by atoms with van der Waals surface area (Å²) in [5.74, 6) is 1.26. The molecule has 0 amide bonds. The standard InChI is InChI=1S/C11H20O/c1-4-6-11(7-5-8-12)9-10(2)3/h6,10-12H,1,5,7-9H2,2-3H3. The average molecular weight is 168 g/mol. The molecule has 0 radical (unpaired) electrons. The van der Waals surface area contributed by atoms with E-state index in [1.165, 1.54) is 6.42 Å². The summed E-state index contributed by atoms with van der Waals surface area (Å²) in [6.07, 6.45) is 5.13. The van der Waals surface area contributed by atoms with Crippen molar-refractivity contribution in [3.05, 3.63) is 18.4 Å². The number of aliphatic hydroxyl groups is 1. The van der Waals surface area contributed by atoms with Gasteiger partial charge >= 0.3 is 0 Å². The molecule has 0 fully saturated rings. The Hall–Kier alpha value is -0.520. The molecule has 1 unspecified atom stereocenters. The van der Waals surface area contributed by atoms with Crippen LogP contribution in [0.3, 0.4) is 0 Å². The van der Waals surface area contributed by atoms with Gasteiger partial charge in [0.25, 0.3) is 0 Å². The van der Waals surface area contributed by atoms with Crippen LogP contribution < -0.4 is 0 Å². The zero-order valence-electron chi connectivity index (χ0n) is 8.21. The molecule has 0 saturated carbocycles. The molecule has 0 aromatic rings. The molecule has 0 rings (SSSR count). The molecule has 1 atom stereocenters. The van der Waals surface area contributed by atoms with Gasteiger partial charge in [-0.25, -0.2) is 0 Å². The molecular formula is C11H20O. The summed E-state index contributed by atoms with van der Waals surface area (Å²) in [5, 5.41) is 8.67. The number of aliphatic hydroxyl groups excluding tert-OH is 1. The summed E-state index contributed by atoms with van der Waals surface area (Å²) in [4.78, 5) is 0. The Morgan fingerprint density at radius 2 is 2.17 bits per heavy atom. The molecule has 0 aromatic carbocycles. The van der Waals surface area contributed by atoms with Gasteiger partial charge in [0.05, 0.1) is 0 Å². The van der Waals surface area contributed by atoms with E-state index >= 15 is 0 Å². The van der Waals surface area contributed by atoms with Crippen LogP contribution in [0.25, 0.3) is 0 Å². The lowest BCUT2D eigenvalue weighted by atomic mass is 9.93. The molecule has 0 aliphatic carbocycles. The maximum Gasteiger partial charge on any atom is 0.0431 e. The quantitative estimate of drug-likeness (QED) is 0.605. The van der Waals surface area contributed by atoms with Crippen LogP contribution in [0.5, 0.6) is 0 Å². The minimum absolute atomic E-state index is 0.291. The predicted molar refractivity (Wildman–Crippen MR) is 53.0 cm³/mol. The highest BCUT2D eigenvalue weighted by Gasteiger charge is 2.06. The number of rotatable bonds is 6. The van der Waals surface area contributed by atoms with Crippen molar-refractivity contribution >= 4 is 0 Å². The first-order valence-corrected chi connectivity index (χ1v) is 4.67. The topological polar surface area (TPSA) is 20.2 Å². The van der Waals surface area contributed by atoms with Gasteiger partial charge < -0.3 is 5.11 Å². The average Bonchev–Trinajstić information content (AvgIpc) is 2.00. The summed E-state index contributed by atoms with van der Waals surface area (Å²) in [6.45, 7) is 8.29. The van der Waals surface area contributed by atoms with Crippen LogP contribution in [0.15, 0.2) is 18.4 Å². The highest BCUT2D eigenvalue weighted by Crippen LogP contribution is 2.17. The SMILES string of the molecule is C=C=CC(CCCO)CC(C)C. The molecule has 0 aromatic heterocycles. The third kappa shape index (κ3) is 6.21. The Morgan fingerprint density at radius 1 is 1.50 bits per heavy atom. The van der Waals surface area contributed by atoms with Gasteiger partial charge in [-0.05, 0) is 37.2 Å². The van der Waals surface area contributed by atoms with E-state index in [0.29, 0.717) is 18.4 Å². The van der Waals surface area contributed by atoms with Crippen LogP contribution in [-0.4, -0.2) is 11.7 Å². The van der Waals surface area contributed by atoms with Crippen molar-refractivity contribution in [3.63, 3.8) is 0 Å². The van der Waals surface area contributed by atoms with Crippen LogP contribution >= 0.6 is 0 Å². The molecule has 0 heterocycles. The van der Waals surface area contributed by atoms with Crippen molar-refractivity contribution in [3.8, 4) is 0 Å². The number of hydrogen-bond donors (Lipinski definition) is 1. The van der Waals surface area contributed by atoms with Crippen molar-refractivity contribution in [2.45, 2.75) is 33.1 Å². The monoisotopic (exact) mass is 168 g/mol. The van der Waals surface area contributed by atoms with Crippen molar-refractivity contribution in [2.24, 2.45) is 11.8 Å². The van der Waals surface area contributed by atoms with E-state index in [-0.39, 0.29) is 0 Å². The lowest BCUT2D eigenvalue weighted by Gasteiger charge is -2.13. The van der Waals surface area contributed by atoms with E-state index in [1.807, 2.05) is 6.08 Å². The predicted octanol–water partition coefficient (Wildman–Crippen LogP) is 2.76. The largest absolute Gasteiger partial charge is 0.396 e. The summed E-state index contributed by atoms with van der Waals surface area (Å²) in [7, 11) is 0. The van der Waals surface area contributed by atoms with E-state index in [4.69, 9.17) is 5.11 Å². The molecule has 0 aliphatic heterocycles. The molecule has 12 heavy (non-hydrogen) atoms. The van der Waals surface area contributed by atoms with E-state index < -0.39 is 0 Å². The van der Waals surface area contributed by atoms with Gasteiger partial charge in [-0.2, -0.15) is 0 Å². The normalized spacial score (nSPS) is 12.7. The zero-order chi connectivity index (χ0) is 9.40. The minimum atomic E-state index is 0.291. The van der Waals surface area contributed by atoms with Gasteiger partial charge in [-0.1, -0.05) is 20.4 Å². The zero-order valence-corrected chi connectivity index (χ0v) is 8.21. The maximum atomic E-state index is 8.67. The van der Waals surface area contributed by atoms with Crippen LogP contribution in [0.1, 0.15) is 33.1 Å². The molecule has 70 valence electrons. The summed E-state index contributed by atoms with van der Waals surface area (Å²) in [6, 6.07) is 0. The summed E-state index contributed by atoms with van der Waals surface area (Å²) in [5.41, 5.74) is 2.83. The second kappa shape index (κ2) is 7.15. The van der Waals surface area contributed by atoms with Crippen molar-refractivity contribution in [1.82, 2.24) is 0 Å². The van der Waals surface area contributed by atoms with Crippen LogP contribution in [0, 0.1) is 11.8 Å². The molecular weight excluding hydrogens is 148 g/mol. The highest BCUT2D eigenvalue weighted by atomic mass is 16.2. The third-order valence-corrected chi connectivity index (χ3v) is 1.86.